The van der Waals surface area contributed by atoms with Crippen LogP contribution in [0.3, 0.4) is 0 Å². The van der Waals surface area contributed by atoms with Crippen molar-refractivity contribution in [2.24, 2.45) is 0 Å². The Balaban J connectivity index is 1.45. The Bertz CT molecular complexity index is 638. The number of carbonyl (C=O) groups excluding carboxylic acids is 1. The number of rotatable bonds is 6. The molecule has 2 aliphatic heterocycles. The number of morpholine rings is 1. The molecule has 0 radical (unpaired) electrons. The Kier molecular flexibility index (Phi) is 7.15. The van der Waals surface area contributed by atoms with E-state index in [0.29, 0.717) is 0 Å². The molecule has 0 unspecified atom stereocenters. The Morgan fingerprint density at radius 2 is 1.75 bits per heavy atom. The lowest BCUT2D eigenvalue weighted by Crippen LogP contribution is -2.59. The van der Waals surface area contributed by atoms with Crippen molar-refractivity contribution in [1.82, 2.24) is 20.0 Å². The van der Waals surface area contributed by atoms with E-state index in [4.69, 9.17) is 9.47 Å². The molecule has 0 saturated carbocycles. The van der Waals surface area contributed by atoms with Gasteiger partial charge >= 0.3 is 6.03 Å². The Morgan fingerprint density at radius 1 is 1.07 bits per heavy atom. The number of methoxy groups -OCH3 is 1. The molecule has 156 valence electrons. The Hall–Kier alpha value is -1.83. The van der Waals surface area contributed by atoms with Crippen LogP contribution in [0.2, 0.25) is 0 Å². The number of hydrogen-bond donors (Lipinski definition) is 1. The Morgan fingerprint density at radius 3 is 2.43 bits per heavy atom. The SMILES string of the molecule is COc1ccccc1CN1CCN(C(=O)NC(C)(C)CN2CCOCC2)CC1. The van der Waals surface area contributed by atoms with Crippen molar-refractivity contribution in [2.45, 2.75) is 25.9 Å². The highest BCUT2D eigenvalue weighted by Crippen LogP contribution is 2.20. The van der Waals surface area contributed by atoms with E-state index in [2.05, 4.69) is 35.0 Å². The molecule has 1 aromatic rings. The summed E-state index contributed by atoms with van der Waals surface area (Å²) in [7, 11) is 1.71. The maximum Gasteiger partial charge on any atom is 0.317 e. The molecule has 2 amide bonds. The van der Waals surface area contributed by atoms with Gasteiger partial charge in [0.2, 0.25) is 0 Å². The minimum absolute atomic E-state index is 0.0372. The van der Waals surface area contributed by atoms with Crippen molar-refractivity contribution in [1.29, 1.82) is 0 Å². The van der Waals surface area contributed by atoms with E-state index in [-0.39, 0.29) is 11.6 Å². The summed E-state index contributed by atoms with van der Waals surface area (Å²) in [6, 6.07) is 8.17. The number of urea groups is 1. The lowest BCUT2D eigenvalue weighted by molar-refractivity contribution is 0.0272. The second kappa shape index (κ2) is 9.58. The van der Waals surface area contributed by atoms with Crippen molar-refractivity contribution in [3.05, 3.63) is 29.8 Å². The molecule has 2 fully saturated rings. The quantitative estimate of drug-likeness (QED) is 0.800. The number of para-hydroxylation sites is 1. The van der Waals surface area contributed by atoms with Crippen LogP contribution in [0.5, 0.6) is 5.75 Å². The Labute approximate surface area is 168 Å². The number of nitrogens with one attached hydrogen (secondary N) is 1. The first-order chi connectivity index (χ1) is 13.5. The van der Waals surface area contributed by atoms with E-state index >= 15 is 0 Å². The topological polar surface area (TPSA) is 57.3 Å². The average Bonchev–Trinajstić information content (AvgIpc) is 2.69. The summed E-state index contributed by atoms with van der Waals surface area (Å²) in [5, 5.41) is 3.22. The molecule has 0 aliphatic carbocycles. The van der Waals surface area contributed by atoms with Crippen LogP contribution in [0.1, 0.15) is 19.4 Å². The molecule has 1 aromatic carbocycles. The van der Waals surface area contributed by atoms with Gasteiger partial charge in [0.25, 0.3) is 0 Å². The predicted octanol–water partition coefficient (Wildman–Crippen LogP) is 1.63. The smallest absolute Gasteiger partial charge is 0.317 e. The molecule has 7 nitrogen and oxygen atoms in total. The molecule has 0 atom stereocenters. The lowest BCUT2D eigenvalue weighted by Gasteiger charge is -2.39. The normalized spacial score (nSPS) is 19.5. The maximum absolute atomic E-state index is 12.8. The van der Waals surface area contributed by atoms with Gasteiger partial charge in [-0.3, -0.25) is 9.80 Å². The monoisotopic (exact) mass is 390 g/mol. The second-order valence-electron chi connectivity index (χ2n) is 8.28. The zero-order chi connectivity index (χ0) is 20.0. The van der Waals surface area contributed by atoms with Crippen molar-refractivity contribution in [3.63, 3.8) is 0 Å². The number of benzene rings is 1. The molecule has 0 bridgehead atoms. The zero-order valence-electron chi connectivity index (χ0n) is 17.4. The fraction of sp³-hybridized carbons (Fsp3) is 0.667. The van der Waals surface area contributed by atoms with Gasteiger partial charge < -0.3 is 19.7 Å². The van der Waals surface area contributed by atoms with Crippen LogP contribution in [-0.2, 0) is 11.3 Å². The standard InChI is InChI=1S/C21H34N4O3/c1-21(2,17-24-12-14-28-15-13-24)22-20(26)25-10-8-23(9-11-25)16-18-6-4-5-7-19(18)27-3/h4-7H,8-17H2,1-3H3,(H,22,26). The summed E-state index contributed by atoms with van der Waals surface area (Å²) < 4.78 is 10.9. The molecule has 2 heterocycles. The van der Waals surface area contributed by atoms with Crippen molar-refractivity contribution in [2.75, 3.05) is 66.1 Å². The van der Waals surface area contributed by atoms with Crippen molar-refractivity contribution < 1.29 is 14.3 Å². The van der Waals surface area contributed by atoms with Gasteiger partial charge in [-0.05, 0) is 19.9 Å². The van der Waals surface area contributed by atoms with Crippen LogP contribution < -0.4 is 10.1 Å². The van der Waals surface area contributed by atoms with Gasteiger partial charge in [0, 0.05) is 63.5 Å². The van der Waals surface area contributed by atoms with Crippen LogP contribution in [0.25, 0.3) is 0 Å². The third-order valence-electron chi connectivity index (χ3n) is 5.41. The summed E-state index contributed by atoms with van der Waals surface area (Å²) in [6.45, 7) is 12.5. The number of hydrogen-bond acceptors (Lipinski definition) is 5. The van der Waals surface area contributed by atoms with Crippen LogP contribution in [0.15, 0.2) is 24.3 Å². The first-order valence-corrected chi connectivity index (χ1v) is 10.2. The molecule has 2 aliphatic rings. The van der Waals surface area contributed by atoms with E-state index in [1.165, 1.54) is 5.56 Å². The molecule has 28 heavy (non-hydrogen) atoms. The first-order valence-electron chi connectivity index (χ1n) is 10.2. The van der Waals surface area contributed by atoms with Crippen molar-refractivity contribution >= 4 is 6.03 Å². The van der Waals surface area contributed by atoms with Crippen LogP contribution >= 0.6 is 0 Å². The van der Waals surface area contributed by atoms with E-state index in [1.54, 1.807) is 7.11 Å². The van der Waals surface area contributed by atoms with Gasteiger partial charge in [-0.1, -0.05) is 18.2 Å². The molecule has 3 rings (SSSR count). The molecular weight excluding hydrogens is 356 g/mol. The largest absolute Gasteiger partial charge is 0.496 e. The van der Waals surface area contributed by atoms with Crippen LogP contribution in [0, 0.1) is 0 Å². The maximum atomic E-state index is 12.8. The zero-order valence-corrected chi connectivity index (χ0v) is 17.4. The summed E-state index contributed by atoms with van der Waals surface area (Å²) in [4.78, 5) is 19.4. The average molecular weight is 391 g/mol. The van der Waals surface area contributed by atoms with Gasteiger partial charge in [0.15, 0.2) is 0 Å². The van der Waals surface area contributed by atoms with Gasteiger partial charge in [0.1, 0.15) is 5.75 Å². The second-order valence-corrected chi connectivity index (χ2v) is 8.28. The molecule has 1 N–H and O–H groups in total. The van der Waals surface area contributed by atoms with E-state index < -0.39 is 0 Å². The van der Waals surface area contributed by atoms with Gasteiger partial charge in [-0.15, -0.1) is 0 Å². The lowest BCUT2D eigenvalue weighted by atomic mass is 10.0. The fourth-order valence-corrected chi connectivity index (χ4v) is 3.91. The molecular formula is C21H34N4O3. The van der Waals surface area contributed by atoms with Crippen LogP contribution in [0.4, 0.5) is 4.79 Å². The molecule has 0 spiro atoms. The van der Waals surface area contributed by atoms with Gasteiger partial charge in [-0.25, -0.2) is 4.79 Å². The summed E-state index contributed by atoms with van der Waals surface area (Å²) in [5.41, 5.74) is 0.928. The highest BCUT2D eigenvalue weighted by molar-refractivity contribution is 5.75. The molecule has 7 heteroatoms. The van der Waals surface area contributed by atoms with Gasteiger partial charge in [0.05, 0.1) is 20.3 Å². The third-order valence-corrected chi connectivity index (χ3v) is 5.41. The minimum Gasteiger partial charge on any atom is -0.496 e. The molecule has 0 aromatic heterocycles. The van der Waals surface area contributed by atoms with E-state index in [1.807, 2.05) is 23.1 Å². The first kappa shape index (κ1) is 20.9. The van der Waals surface area contributed by atoms with Crippen LogP contribution in [-0.4, -0.2) is 92.4 Å². The molecule has 2 saturated heterocycles. The number of piperazine rings is 1. The summed E-state index contributed by atoms with van der Waals surface area (Å²) in [5.74, 6) is 0.924. The van der Waals surface area contributed by atoms with E-state index in [9.17, 15) is 4.79 Å². The highest BCUT2D eigenvalue weighted by Gasteiger charge is 2.28. The van der Waals surface area contributed by atoms with Crippen molar-refractivity contribution in [3.8, 4) is 5.75 Å². The summed E-state index contributed by atoms with van der Waals surface area (Å²) in [6.07, 6.45) is 0. The number of nitrogens with zero attached hydrogens (tertiary/aromatic N) is 3. The van der Waals surface area contributed by atoms with Gasteiger partial charge in [-0.2, -0.15) is 0 Å². The van der Waals surface area contributed by atoms with E-state index in [0.717, 1.165) is 71.3 Å². The number of amides is 2. The fourth-order valence-electron chi connectivity index (χ4n) is 3.91. The number of carbonyl (C=O) groups is 1. The predicted molar refractivity (Wildman–Crippen MR) is 110 cm³/mol. The number of ether oxygens (including phenoxy) is 2. The third kappa shape index (κ3) is 5.83. The minimum atomic E-state index is -0.261. The highest BCUT2D eigenvalue weighted by atomic mass is 16.5. The summed E-state index contributed by atoms with van der Waals surface area (Å²) >= 11 is 0.